The van der Waals surface area contributed by atoms with Gasteiger partial charge < -0.3 is 10.2 Å². The molecule has 0 saturated carbocycles. The Morgan fingerprint density at radius 2 is 2.11 bits per heavy atom. The molecular formula is C14H25N5. The standard InChI is InChI=1S/C14H25N5/c1-4-5-9-19(10-13-7-6-8-15-13)14-16-11(2)12(3)17-18-14/h13,15H,4-10H2,1-3H3. The van der Waals surface area contributed by atoms with Gasteiger partial charge in [-0.25, -0.2) is 4.98 Å². The molecule has 1 fully saturated rings. The number of nitrogens with one attached hydrogen (secondary N) is 1. The lowest BCUT2D eigenvalue weighted by Crippen LogP contribution is -2.39. The first-order chi connectivity index (χ1) is 9.20. The largest absolute Gasteiger partial charge is 0.338 e. The van der Waals surface area contributed by atoms with Crippen molar-refractivity contribution in [2.24, 2.45) is 0 Å². The van der Waals surface area contributed by atoms with Crippen molar-refractivity contribution in [1.29, 1.82) is 0 Å². The third-order valence-corrected chi connectivity index (χ3v) is 3.75. The highest BCUT2D eigenvalue weighted by Crippen LogP contribution is 2.13. The molecule has 2 heterocycles. The van der Waals surface area contributed by atoms with Gasteiger partial charge in [-0.2, -0.15) is 5.10 Å². The number of aryl methyl sites for hydroxylation is 2. The van der Waals surface area contributed by atoms with Crippen LogP contribution in [0.3, 0.4) is 0 Å². The van der Waals surface area contributed by atoms with Gasteiger partial charge in [0.25, 0.3) is 0 Å². The highest BCUT2D eigenvalue weighted by atomic mass is 15.3. The van der Waals surface area contributed by atoms with E-state index in [-0.39, 0.29) is 0 Å². The highest BCUT2D eigenvalue weighted by molar-refractivity contribution is 5.30. The molecule has 1 aromatic rings. The van der Waals surface area contributed by atoms with Crippen molar-refractivity contribution in [2.45, 2.75) is 52.5 Å². The van der Waals surface area contributed by atoms with Crippen LogP contribution in [-0.4, -0.2) is 40.9 Å². The summed E-state index contributed by atoms with van der Waals surface area (Å²) in [6.07, 6.45) is 4.88. The topological polar surface area (TPSA) is 53.9 Å². The Labute approximate surface area is 115 Å². The molecule has 1 N–H and O–H groups in total. The maximum atomic E-state index is 4.59. The summed E-state index contributed by atoms with van der Waals surface area (Å²) in [5, 5.41) is 12.0. The second-order valence-electron chi connectivity index (χ2n) is 5.38. The minimum atomic E-state index is 0.571. The summed E-state index contributed by atoms with van der Waals surface area (Å²) < 4.78 is 0. The molecule has 0 spiro atoms. The Morgan fingerprint density at radius 1 is 1.26 bits per heavy atom. The Kier molecular flexibility index (Phi) is 5.07. The van der Waals surface area contributed by atoms with E-state index in [1.54, 1.807) is 0 Å². The van der Waals surface area contributed by atoms with Crippen molar-refractivity contribution in [3.63, 3.8) is 0 Å². The predicted molar refractivity (Wildman–Crippen MR) is 77.4 cm³/mol. The van der Waals surface area contributed by atoms with Gasteiger partial charge in [-0.05, 0) is 39.7 Å². The first-order valence-corrected chi connectivity index (χ1v) is 7.37. The third-order valence-electron chi connectivity index (χ3n) is 3.75. The lowest BCUT2D eigenvalue weighted by atomic mass is 10.2. The molecule has 0 amide bonds. The number of unbranched alkanes of at least 4 members (excludes halogenated alkanes) is 1. The summed E-state index contributed by atoms with van der Waals surface area (Å²) in [6.45, 7) is 9.31. The summed E-state index contributed by atoms with van der Waals surface area (Å²) in [5.41, 5.74) is 1.89. The van der Waals surface area contributed by atoms with Crippen molar-refractivity contribution in [2.75, 3.05) is 24.5 Å². The van der Waals surface area contributed by atoms with Gasteiger partial charge in [-0.1, -0.05) is 13.3 Å². The summed E-state index contributed by atoms with van der Waals surface area (Å²) in [4.78, 5) is 6.88. The Hall–Kier alpha value is -1.23. The molecule has 5 heteroatoms. The first kappa shape index (κ1) is 14.2. The summed E-state index contributed by atoms with van der Waals surface area (Å²) in [7, 11) is 0. The molecule has 0 aliphatic carbocycles. The van der Waals surface area contributed by atoms with E-state index in [1.165, 1.54) is 25.7 Å². The van der Waals surface area contributed by atoms with Gasteiger partial charge in [-0.3, -0.25) is 0 Å². The molecule has 1 unspecified atom stereocenters. The minimum Gasteiger partial charge on any atom is -0.338 e. The first-order valence-electron chi connectivity index (χ1n) is 7.37. The quantitative estimate of drug-likeness (QED) is 0.849. The maximum Gasteiger partial charge on any atom is 0.245 e. The zero-order chi connectivity index (χ0) is 13.7. The third kappa shape index (κ3) is 3.86. The fraction of sp³-hybridized carbons (Fsp3) is 0.786. The van der Waals surface area contributed by atoms with Crippen LogP contribution in [0.5, 0.6) is 0 Å². The van der Waals surface area contributed by atoms with Crippen LogP contribution >= 0.6 is 0 Å². The predicted octanol–water partition coefficient (Wildman–Crippen LogP) is 1.85. The van der Waals surface area contributed by atoms with Crippen LogP contribution in [0.25, 0.3) is 0 Å². The van der Waals surface area contributed by atoms with E-state index in [0.29, 0.717) is 6.04 Å². The molecule has 1 aliphatic rings. The van der Waals surface area contributed by atoms with E-state index in [1.807, 2.05) is 13.8 Å². The lowest BCUT2D eigenvalue weighted by Gasteiger charge is -2.25. The van der Waals surface area contributed by atoms with Gasteiger partial charge in [0.15, 0.2) is 0 Å². The van der Waals surface area contributed by atoms with Gasteiger partial charge in [0.2, 0.25) is 5.95 Å². The molecule has 1 atom stereocenters. The Bertz CT molecular complexity index is 401. The second kappa shape index (κ2) is 6.80. The summed E-state index contributed by atoms with van der Waals surface area (Å²) >= 11 is 0. The second-order valence-corrected chi connectivity index (χ2v) is 5.38. The molecule has 2 rings (SSSR count). The number of anilines is 1. The van der Waals surface area contributed by atoms with E-state index in [0.717, 1.165) is 37.0 Å². The van der Waals surface area contributed by atoms with Crippen molar-refractivity contribution in [3.8, 4) is 0 Å². The van der Waals surface area contributed by atoms with Crippen LogP contribution in [0, 0.1) is 13.8 Å². The van der Waals surface area contributed by atoms with Gasteiger partial charge in [0.1, 0.15) is 0 Å². The van der Waals surface area contributed by atoms with E-state index in [4.69, 9.17) is 0 Å². The van der Waals surface area contributed by atoms with E-state index < -0.39 is 0 Å². The molecule has 0 bridgehead atoms. The minimum absolute atomic E-state index is 0.571. The molecule has 5 nitrogen and oxygen atoms in total. The van der Waals surface area contributed by atoms with Crippen LogP contribution in [0.4, 0.5) is 5.95 Å². The molecule has 1 saturated heterocycles. The molecule has 19 heavy (non-hydrogen) atoms. The van der Waals surface area contributed by atoms with E-state index >= 15 is 0 Å². The normalized spacial score (nSPS) is 18.8. The van der Waals surface area contributed by atoms with Gasteiger partial charge in [0, 0.05) is 19.1 Å². The van der Waals surface area contributed by atoms with Crippen molar-refractivity contribution in [1.82, 2.24) is 20.5 Å². The summed E-state index contributed by atoms with van der Waals surface area (Å²) in [5.74, 6) is 0.783. The SMILES string of the molecule is CCCCN(CC1CCCN1)c1nnc(C)c(C)n1. The maximum absolute atomic E-state index is 4.59. The van der Waals surface area contributed by atoms with Gasteiger partial charge in [0.05, 0.1) is 11.4 Å². The number of hydrogen-bond acceptors (Lipinski definition) is 5. The van der Waals surface area contributed by atoms with Gasteiger partial charge >= 0.3 is 0 Å². The lowest BCUT2D eigenvalue weighted by molar-refractivity contribution is 0.562. The molecule has 1 aromatic heterocycles. The number of aromatic nitrogens is 3. The Morgan fingerprint density at radius 3 is 2.74 bits per heavy atom. The average molecular weight is 263 g/mol. The van der Waals surface area contributed by atoms with Crippen LogP contribution in [0.15, 0.2) is 0 Å². The van der Waals surface area contributed by atoms with Crippen molar-refractivity contribution >= 4 is 5.95 Å². The van der Waals surface area contributed by atoms with Gasteiger partial charge in [-0.15, -0.1) is 5.10 Å². The fourth-order valence-electron chi connectivity index (χ4n) is 2.38. The van der Waals surface area contributed by atoms with Crippen LogP contribution < -0.4 is 10.2 Å². The average Bonchev–Trinajstić information content (AvgIpc) is 2.91. The molecular weight excluding hydrogens is 238 g/mol. The summed E-state index contributed by atoms with van der Waals surface area (Å²) in [6, 6.07) is 0.571. The highest BCUT2D eigenvalue weighted by Gasteiger charge is 2.20. The molecule has 1 aliphatic heterocycles. The zero-order valence-corrected chi connectivity index (χ0v) is 12.3. The molecule has 0 radical (unpaired) electrons. The number of nitrogens with zero attached hydrogens (tertiary/aromatic N) is 4. The Balaban J connectivity index is 2.08. The van der Waals surface area contributed by atoms with E-state index in [2.05, 4.69) is 32.3 Å². The van der Waals surface area contributed by atoms with Crippen LogP contribution in [-0.2, 0) is 0 Å². The number of rotatable bonds is 6. The van der Waals surface area contributed by atoms with Crippen molar-refractivity contribution < 1.29 is 0 Å². The number of hydrogen-bond donors (Lipinski definition) is 1. The fourth-order valence-corrected chi connectivity index (χ4v) is 2.38. The van der Waals surface area contributed by atoms with Crippen molar-refractivity contribution in [3.05, 3.63) is 11.4 Å². The molecule has 0 aromatic carbocycles. The monoisotopic (exact) mass is 263 g/mol. The van der Waals surface area contributed by atoms with E-state index in [9.17, 15) is 0 Å². The van der Waals surface area contributed by atoms with Crippen LogP contribution in [0.2, 0.25) is 0 Å². The van der Waals surface area contributed by atoms with Crippen LogP contribution in [0.1, 0.15) is 44.0 Å². The smallest absolute Gasteiger partial charge is 0.245 e. The zero-order valence-electron chi connectivity index (χ0n) is 12.3. The molecule has 106 valence electrons.